The SMILES string of the molecule is CCCc1c(O)nc(Cc2ccccc2F)[nH]c1=O. The number of H-pyrrole nitrogens is 1. The summed E-state index contributed by atoms with van der Waals surface area (Å²) in [6.45, 7) is 1.91. The van der Waals surface area contributed by atoms with Gasteiger partial charge in [0.1, 0.15) is 11.6 Å². The fraction of sp³-hybridized carbons (Fsp3) is 0.286. The third-order valence-corrected chi connectivity index (χ3v) is 2.86. The van der Waals surface area contributed by atoms with Crippen molar-refractivity contribution in [2.45, 2.75) is 26.2 Å². The molecule has 0 unspecified atom stereocenters. The van der Waals surface area contributed by atoms with Gasteiger partial charge in [-0.15, -0.1) is 0 Å². The third-order valence-electron chi connectivity index (χ3n) is 2.86. The van der Waals surface area contributed by atoms with Crippen molar-refractivity contribution in [1.29, 1.82) is 0 Å². The first-order chi connectivity index (χ1) is 9.11. The smallest absolute Gasteiger partial charge is 0.257 e. The highest BCUT2D eigenvalue weighted by atomic mass is 19.1. The molecule has 2 aromatic rings. The number of nitrogens with zero attached hydrogens (tertiary/aromatic N) is 1. The molecule has 2 N–H and O–H groups in total. The van der Waals surface area contributed by atoms with Crippen molar-refractivity contribution in [3.05, 3.63) is 57.4 Å². The van der Waals surface area contributed by atoms with Gasteiger partial charge in [0.25, 0.3) is 5.56 Å². The number of aromatic nitrogens is 2. The molecule has 0 bridgehead atoms. The normalized spacial score (nSPS) is 10.6. The molecule has 0 fully saturated rings. The maximum absolute atomic E-state index is 13.5. The van der Waals surface area contributed by atoms with Crippen LogP contribution in [0.4, 0.5) is 4.39 Å². The van der Waals surface area contributed by atoms with Gasteiger partial charge in [-0.2, -0.15) is 4.98 Å². The van der Waals surface area contributed by atoms with E-state index in [2.05, 4.69) is 9.97 Å². The summed E-state index contributed by atoms with van der Waals surface area (Å²) in [5.74, 6) is -0.369. The van der Waals surface area contributed by atoms with Crippen LogP contribution in [-0.2, 0) is 12.8 Å². The molecule has 0 aliphatic rings. The molecule has 0 atom stereocenters. The number of rotatable bonds is 4. The summed E-state index contributed by atoms with van der Waals surface area (Å²) in [7, 11) is 0. The summed E-state index contributed by atoms with van der Waals surface area (Å²) >= 11 is 0. The highest BCUT2D eigenvalue weighted by molar-refractivity contribution is 5.26. The number of hydrogen-bond acceptors (Lipinski definition) is 3. The van der Waals surface area contributed by atoms with Crippen LogP contribution in [0.1, 0.15) is 30.3 Å². The van der Waals surface area contributed by atoms with Crippen LogP contribution in [-0.4, -0.2) is 15.1 Å². The number of aromatic amines is 1. The summed E-state index contributed by atoms with van der Waals surface area (Å²) in [6.07, 6.45) is 1.35. The molecule has 4 nitrogen and oxygen atoms in total. The van der Waals surface area contributed by atoms with E-state index < -0.39 is 0 Å². The maximum Gasteiger partial charge on any atom is 0.257 e. The van der Waals surface area contributed by atoms with E-state index >= 15 is 0 Å². The lowest BCUT2D eigenvalue weighted by atomic mass is 10.1. The van der Waals surface area contributed by atoms with Crippen molar-refractivity contribution in [3.63, 3.8) is 0 Å². The van der Waals surface area contributed by atoms with Crippen LogP contribution in [0.5, 0.6) is 5.88 Å². The van der Waals surface area contributed by atoms with Gasteiger partial charge in [-0.25, -0.2) is 4.39 Å². The second-order valence-electron chi connectivity index (χ2n) is 4.33. The zero-order valence-corrected chi connectivity index (χ0v) is 10.6. The fourth-order valence-corrected chi connectivity index (χ4v) is 1.91. The molecule has 0 spiro atoms. The molecule has 0 radical (unpaired) electrons. The van der Waals surface area contributed by atoms with E-state index in [0.717, 1.165) is 6.42 Å². The first-order valence-electron chi connectivity index (χ1n) is 6.16. The Labute approximate surface area is 110 Å². The van der Waals surface area contributed by atoms with E-state index in [4.69, 9.17) is 0 Å². The summed E-state index contributed by atoms with van der Waals surface area (Å²) in [5, 5.41) is 9.73. The molecule has 0 saturated carbocycles. The van der Waals surface area contributed by atoms with Gasteiger partial charge < -0.3 is 10.1 Å². The van der Waals surface area contributed by atoms with Crippen LogP contribution in [0, 0.1) is 5.82 Å². The fourth-order valence-electron chi connectivity index (χ4n) is 1.91. The van der Waals surface area contributed by atoms with Crippen LogP contribution >= 0.6 is 0 Å². The van der Waals surface area contributed by atoms with Gasteiger partial charge in [-0.3, -0.25) is 4.79 Å². The monoisotopic (exact) mass is 262 g/mol. The Morgan fingerprint density at radius 3 is 2.74 bits per heavy atom. The second kappa shape index (κ2) is 5.65. The molecule has 0 aliphatic heterocycles. The summed E-state index contributed by atoms with van der Waals surface area (Å²) in [4.78, 5) is 18.3. The topological polar surface area (TPSA) is 66.0 Å². The van der Waals surface area contributed by atoms with Crippen molar-refractivity contribution in [2.75, 3.05) is 0 Å². The van der Waals surface area contributed by atoms with E-state index in [0.29, 0.717) is 12.0 Å². The molecular formula is C14H15FN2O2. The molecule has 5 heteroatoms. The number of nitrogens with one attached hydrogen (secondary N) is 1. The Kier molecular flexibility index (Phi) is 3.94. The number of hydrogen-bond donors (Lipinski definition) is 2. The Bertz CT molecular complexity index is 638. The van der Waals surface area contributed by atoms with E-state index in [1.54, 1.807) is 18.2 Å². The summed E-state index contributed by atoms with van der Waals surface area (Å²) < 4.78 is 13.5. The van der Waals surface area contributed by atoms with E-state index in [9.17, 15) is 14.3 Å². The van der Waals surface area contributed by atoms with Crippen LogP contribution < -0.4 is 5.56 Å². The average Bonchev–Trinajstić information content (AvgIpc) is 2.37. The van der Waals surface area contributed by atoms with E-state index in [-0.39, 0.29) is 35.1 Å². The maximum atomic E-state index is 13.5. The molecule has 2 rings (SSSR count). The van der Waals surface area contributed by atoms with Crippen molar-refractivity contribution < 1.29 is 9.50 Å². The van der Waals surface area contributed by atoms with Crippen LogP contribution in [0.2, 0.25) is 0 Å². The molecule has 1 aromatic carbocycles. The van der Waals surface area contributed by atoms with Crippen LogP contribution in [0.25, 0.3) is 0 Å². The highest BCUT2D eigenvalue weighted by Gasteiger charge is 2.11. The van der Waals surface area contributed by atoms with Crippen molar-refractivity contribution >= 4 is 0 Å². The van der Waals surface area contributed by atoms with Crippen LogP contribution in [0.15, 0.2) is 29.1 Å². The van der Waals surface area contributed by atoms with Gasteiger partial charge in [0, 0.05) is 6.42 Å². The Morgan fingerprint density at radius 1 is 1.37 bits per heavy atom. The Balaban J connectivity index is 2.33. The largest absolute Gasteiger partial charge is 0.493 e. The zero-order valence-electron chi connectivity index (χ0n) is 10.6. The quantitative estimate of drug-likeness (QED) is 0.887. The van der Waals surface area contributed by atoms with Crippen LogP contribution in [0.3, 0.4) is 0 Å². The predicted molar refractivity (Wildman–Crippen MR) is 69.7 cm³/mol. The van der Waals surface area contributed by atoms with Gasteiger partial charge in [0.15, 0.2) is 0 Å². The number of halogens is 1. The molecular weight excluding hydrogens is 247 g/mol. The highest BCUT2D eigenvalue weighted by Crippen LogP contribution is 2.14. The molecule has 19 heavy (non-hydrogen) atoms. The van der Waals surface area contributed by atoms with Gasteiger partial charge in [-0.05, 0) is 18.1 Å². The minimum Gasteiger partial charge on any atom is -0.493 e. The lowest BCUT2D eigenvalue weighted by Gasteiger charge is -2.06. The number of benzene rings is 1. The minimum atomic E-state index is -0.360. The predicted octanol–water partition coefficient (Wildman–Crippen LogP) is 2.16. The van der Waals surface area contributed by atoms with Gasteiger partial charge in [0.2, 0.25) is 5.88 Å². The van der Waals surface area contributed by atoms with E-state index in [1.807, 2.05) is 6.92 Å². The number of aromatic hydroxyl groups is 1. The standard InChI is InChI=1S/C14H15FN2O2/c1-2-5-10-13(18)16-12(17-14(10)19)8-9-6-3-4-7-11(9)15/h3-4,6-7H,2,5,8H2,1H3,(H2,16,17,18,19). The van der Waals surface area contributed by atoms with Crippen molar-refractivity contribution in [1.82, 2.24) is 9.97 Å². The van der Waals surface area contributed by atoms with Crippen molar-refractivity contribution in [2.24, 2.45) is 0 Å². The average molecular weight is 262 g/mol. The summed E-state index contributed by atoms with van der Waals surface area (Å²) in [6, 6.07) is 6.27. The lowest BCUT2D eigenvalue weighted by molar-refractivity contribution is 0.439. The minimum absolute atomic E-state index is 0.141. The lowest BCUT2D eigenvalue weighted by Crippen LogP contribution is -2.17. The Hall–Kier alpha value is -2.17. The molecule has 0 amide bonds. The van der Waals surface area contributed by atoms with Gasteiger partial charge in [-0.1, -0.05) is 31.5 Å². The first-order valence-corrected chi connectivity index (χ1v) is 6.16. The molecule has 1 aromatic heterocycles. The molecule has 1 heterocycles. The van der Waals surface area contributed by atoms with Crippen molar-refractivity contribution in [3.8, 4) is 5.88 Å². The summed E-state index contributed by atoms with van der Waals surface area (Å²) in [5.41, 5.74) is 0.341. The molecule has 0 saturated heterocycles. The molecule has 0 aliphatic carbocycles. The first kappa shape index (κ1) is 13.3. The third kappa shape index (κ3) is 2.99. The van der Waals surface area contributed by atoms with E-state index in [1.165, 1.54) is 6.07 Å². The van der Waals surface area contributed by atoms with Gasteiger partial charge >= 0.3 is 0 Å². The molecule has 100 valence electrons. The zero-order chi connectivity index (χ0) is 13.8. The second-order valence-corrected chi connectivity index (χ2v) is 4.33. The Morgan fingerprint density at radius 2 is 2.11 bits per heavy atom. The van der Waals surface area contributed by atoms with Gasteiger partial charge in [0.05, 0.1) is 5.56 Å².